The van der Waals surface area contributed by atoms with Gasteiger partial charge in [0.2, 0.25) is 0 Å². The maximum absolute atomic E-state index is 15.0. The fourth-order valence-electron chi connectivity index (χ4n) is 4.28. The van der Waals surface area contributed by atoms with Crippen molar-refractivity contribution < 1.29 is 23.3 Å². The fourth-order valence-corrected chi connectivity index (χ4v) is 4.37. The van der Waals surface area contributed by atoms with E-state index in [0.717, 1.165) is 25.9 Å². The summed E-state index contributed by atoms with van der Waals surface area (Å²) >= 11 is 4.98. The standard InChI is InChI=1S/C22H25FN4O5S/c1-14(33)24-11-18-13-26(22(28)32-18)16-2-4-19(20(23)10-16)15-6-8-25(9-7-15)12-17-3-5-21(31-17)27(29)30/h2-5,10,15,18H,6-9,11-13H2,1H3,(H,24,33). The molecule has 0 spiro atoms. The molecule has 1 unspecified atom stereocenters. The van der Waals surface area contributed by atoms with Gasteiger partial charge in [-0.3, -0.25) is 19.9 Å². The third-order valence-corrected chi connectivity index (χ3v) is 6.13. The zero-order chi connectivity index (χ0) is 23.5. The molecular weight excluding hydrogens is 451 g/mol. The normalized spacial score (nSPS) is 19.5. The lowest BCUT2D eigenvalue weighted by Crippen LogP contribution is -2.33. The Balaban J connectivity index is 1.33. The Bertz CT molecular complexity index is 1050. The maximum atomic E-state index is 15.0. The number of cyclic esters (lactones) is 1. The fraction of sp³-hybridized carbons (Fsp3) is 0.455. The number of nitro groups is 1. The lowest BCUT2D eigenvalue weighted by atomic mass is 9.89. The molecule has 3 heterocycles. The van der Waals surface area contributed by atoms with Crippen molar-refractivity contribution in [3.05, 3.63) is 57.6 Å². The predicted molar refractivity (Wildman–Crippen MR) is 123 cm³/mol. The molecule has 2 saturated heterocycles. The second-order valence-corrected chi connectivity index (χ2v) is 8.92. The highest BCUT2D eigenvalue weighted by molar-refractivity contribution is 7.80. The Morgan fingerprint density at radius 1 is 1.30 bits per heavy atom. The molecule has 2 aromatic rings. The van der Waals surface area contributed by atoms with Crippen molar-refractivity contribution >= 4 is 34.9 Å². The summed E-state index contributed by atoms with van der Waals surface area (Å²) in [5.74, 6) is 0.00814. The summed E-state index contributed by atoms with van der Waals surface area (Å²) in [6.45, 7) is 4.45. The van der Waals surface area contributed by atoms with Gasteiger partial charge in [0.1, 0.15) is 22.6 Å². The Kier molecular flexibility index (Phi) is 6.89. The van der Waals surface area contributed by atoms with E-state index in [1.807, 2.05) is 0 Å². The van der Waals surface area contributed by atoms with Gasteiger partial charge < -0.3 is 14.5 Å². The Labute approximate surface area is 195 Å². The number of halogens is 1. The molecule has 0 radical (unpaired) electrons. The zero-order valence-electron chi connectivity index (χ0n) is 18.2. The van der Waals surface area contributed by atoms with E-state index in [4.69, 9.17) is 21.4 Å². The number of hydrogen-bond donors (Lipinski definition) is 1. The van der Waals surface area contributed by atoms with Crippen molar-refractivity contribution in [3.8, 4) is 0 Å². The zero-order valence-corrected chi connectivity index (χ0v) is 19.0. The number of anilines is 1. The molecule has 1 amide bonds. The van der Waals surface area contributed by atoms with Crippen LogP contribution in [-0.2, 0) is 11.3 Å². The van der Waals surface area contributed by atoms with Gasteiger partial charge in [0.15, 0.2) is 0 Å². The van der Waals surface area contributed by atoms with Gasteiger partial charge in [-0.25, -0.2) is 9.18 Å². The lowest BCUT2D eigenvalue weighted by molar-refractivity contribution is -0.402. The van der Waals surface area contributed by atoms with Crippen LogP contribution in [0, 0.1) is 15.9 Å². The van der Waals surface area contributed by atoms with Crippen molar-refractivity contribution in [2.75, 3.05) is 31.1 Å². The third kappa shape index (κ3) is 5.48. The average molecular weight is 477 g/mol. The van der Waals surface area contributed by atoms with Crippen LogP contribution in [0.4, 0.5) is 20.8 Å². The van der Waals surface area contributed by atoms with E-state index in [0.29, 0.717) is 41.6 Å². The molecule has 11 heteroatoms. The molecule has 0 bridgehead atoms. The Morgan fingerprint density at radius 2 is 2.06 bits per heavy atom. The number of benzene rings is 1. The minimum absolute atomic E-state index is 0.0641. The predicted octanol–water partition coefficient (Wildman–Crippen LogP) is 3.97. The summed E-state index contributed by atoms with van der Waals surface area (Å²) < 4.78 is 25.6. The van der Waals surface area contributed by atoms with Gasteiger partial charge in [-0.05, 0) is 62.5 Å². The Morgan fingerprint density at radius 3 is 2.70 bits per heavy atom. The molecule has 1 aromatic heterocycles. The first kappa shape index (κ1) is 23.1. The first-order valence-corrected chi connectivity index (χ1v) is 11.2. The minimum atomic E-state index is -0.554. The van der Waals surface area contributed by atoms with E-state index in [1.165, 1.54) is 17.0 Å². The number of piperidine rings is 1. The molecule has 33 heavy (non-hydrogen) atoms. The number of carbonyl (C=O) groups excluding carboxylic acids is 1. The van der Waals surface area contributed by atoms with Crippen LogP contribution in [0.25, 0.3) is 0 Å². The molecule has 2 aliphatic heterocycles. The molecule has 2 aliphatic rings. The number of likely N-dealkylation sites (tertiary alicyclic amines) is 1. The highest BCUT2D eigenvalue weighted by Gasteiger charge is 2.33. The van der Waals surface area contributed by atoms with E-state index in [9.17, 15) is 19.3 Å². The largest absolute Gasteiger partial charge is 0.442 e. The van der Waals surface area contributed by atoms with Crippen LogP contribution in [0.3, 0.4) is 0 Å². The smallest absolute Gasteiger partial charge is 0.433 e. The first-order valence-electron chi connectivity index (χ1n) is 10.8. The van der Waals surface area contributed by atoms with Crippen molar-refractivity contribution in [1.29, 1.82) is 0 Å². The van der Waals surface area contributed by atoms with Crippen molar-refractivity contribution in [2.24, 2.45) is 0 Å². The van der Waals surface area contributed by atoms with Crippen molar-refractivity contribution in [3.63, 3.8) is 0 Å². The summed E-state index contributed by atoms with van der Waals surface area (Å²) in [6.07, 6.45) is 0.672. The number of nitrogens with zero attached hydrogens (tertiary/aromatic N) is 3. The summed E-state index contributed by atoms with van der Waals surface area (Å²) in [4.78, 5) is 26.6. The molecule has 1 atom stereocenters. The van der Waals surface area contributed by atoms with Crippen LogP contribution in [0.2, 0.25) is 0 Å². The van der Waals surface area contributed by atoms with Gasteiger partial charge in [0.05, 0.1) is 36.4 Å². The number of rotatable bonds is 7. The first-order chi connectivity index (χ1) is 15.8. The molecule has 4 rings (SSSR count). The summed E-state index contributed by atoms with van der Waals surface area (Å²) in [5.41, 5.74) is 1.11. The van der Waals surface area contributed by atoms with Crippen LogP contribution in [0.1, 0.15) is 37.0 Å². The number of thiocarbonyl (C=S) groups is 1. The van der Waals surface area contributed by atoms with Gasteiger partial charge in [-0.2, -0.15) is 0 Å². The van der Waals surface area contributed by atoms with Crippen LogP contribution in [0.5, 0.6) is 0 Å². The van der Waals surface area contributed by atoms with E-state index < -0.39 is 11.0 Å². The van der Waals surface area contributed by atoms with Crippen LogP contribution in [-0.4, -0.2) is 53.2 Å². The molecule has 2 fully saturated rings. The summed E-state index contributed by atoms with van der Waals surface area (Å²) in [5, 5.41) is 13.7. The minimum Gasteiger partial charge on any atom is -0.442 e. The van der Waals surface area contributed by atoms with E-state index >= 15 is 0 Å². The maximum Gasteiger partial charge on any atom is 0.433 e. The number of hydrogen-bond acceptors (Lipinski definition) is 7. The highest BCUT2D eigenvalue weighted by atomic mass is 32.1. The van der Waals surface area contributed by atoms with Gasteiger partial charge in [-0.15, -0.1) is 0 Å². The SMILES string of the molecule is CC(=S)NCC1CN(c2ccc(C3CCN(Cc4ccc([N+](=O)[O-])o4)CC3)c(F)c2)C(=O)O1. The van der Waals surface area contributed by atoms with Gasteiger partial charge >= 0.3 is 12.0 Å². The molecule has 1 N–H and O–H groups in total. The quantitative estimate of drug-likeness (QED) is 0.364. The van der Waals surface area contributed by atoms with Gasteiger partial charge in [0.25, 0.3) is 0 Å². The lowest BCUT2D eigenvalue weighted by Gasteiger charge is -2.31. The monoisotopic (exact) mass is 476 g/mol. The molecule has 176 valence electrons. The van der Waals surface area contributed by atoms with E-state index in [2.05, 4.69) is 10.2 Å². The topological polar surface area (TPSA) is 101 Å². The second kappa shape index (κ2) is 9.84. The van der Waals surface area contributed by atoms with Gasteiger partial charge in [0, 0.05) is 0 Å². The molecule has 1 aromatic carbocycles. The Hall–Kier alpha value is -3.05. The van der Waals surface area contributed by atoms with E-state index in [1.54, 1.807) is 25.1 Å². The highest BCUT2D eigenvalue weighted by Crippen LogP contribution is 2.33. The molecule has 0 aliphatic carbocycles. The molecule has 9 nitrogen and oxygen atoms in total. The number of ether oxygens (including phenoxy) is 1. The third-order valence-electron chi connectivity index (χ3n) is 5.98. The van der Waals surface area contributed by atoms with Crippen LogP contribution >= 0.6 is 12.2 Å². The number of carbonyl (C=O) groups is 1. The number of amides is 1. The summed E-state index contributed by atoms with van der Waals surface area (Å²) in [7, 11) is 0. The van der Waals surface area contributed by atoms with E-state index in [-0.39, 0.29) is 23.7 Å². The molecule has 0 saturated carbocycles. The molecular formula is C22H25FN4O5S. The van der Waals surface area contributed by atoms with Gasteiger partial charge in [-0.1, -0.05) is 18.3 Å². The van der Waals surface area contributed by atoms with Crippen LogP contribution in [0.15, 0.2) is 34.7 Å². The van der Waals surface area contributed by atoms with Crippen molar-refractivity contribution in [2.45, 2.75) is 38.3 Å². The summed E-state index contributed by atoms with van der Waals surface area (Å²) in [6, 6.07) is 7.87. The van der Waals surface area contributed by atoms with Crippen LogP contribution < -0.4 is 10.2 Å². The second-order valence-electron chi connectivity index (χ2n) is 8.31. The number of nitrogens with one attached hydrogen (secondary N) is 1. The van der Waals surface area contributed by atoms with Crippen molar-refractivity contribution in [1.82, 2.24) is 10.2 Å². The number of furan rings is 1. The average Bonchev–Trinajstić information content (AvgIpc) is 3.39.